The predicted molar refractivity (Wildman–Crippen MR) is 74.5 cm³/mol. The van der Waals surface area contributed by atoms with Crippen LogP contribution in [0.15, 0.2) is 0 Å². The van der Waals surface area contributed by atoms with E-state index in [0.29, 0.717) is 17.7 Å². The van der Waals surface area contributed by atoms with E-state index in [-0.39, 0.29) is 18.8 Å². The van der Waals surface area contributed by atoms with Crippen molar-refractivity contribution in [2.24, 2.45) is 5.92 Å². The lowest BCUT2D eigenvalue weighted by Gasteiger charge is -2.32. The molecule has 25 heavy (non-hydrogen) atoms. The number of ether oxygens (including phenoxy) is 1. The largest absolute Gasteiger partial charge is 0.469 e. The Morgan fingerprint density at radius 2 is 1.32 bits per heavy atom. The molecule has 0 N–H and O–H groups in total. The van der Waals surface area contributed by atoms with Crippen molar-refractivity contribution in [3.8, 4) is 0 Å². The highest BCUT2D eigenvalue weighted by Gasteiger charge is 2.47. The minimum absolute atomic E-state index is 0.222. The molecule has 2 amide bonds. The van der Waals surface area contributed by atoms with Gasteiger partial charge in [-0.3, -0.25) is 19.3 Å². The third kappa shape index (κ3) is 2.49. The first-order chi connectivity index (χ1) is 11.8. The minimum Gasteiger partial charge on any atom is -0.469 e. The van der Waals surface area contributed by atoms with Crippen molar-refractivity contribution in [1.29, 1.82) is 0 Å². The molecule has 1 aromatic rings. The third-order valence-electron chi connectivity index (χ3n) is 4.73. The van der Waals surface area contributed by atoms with Gasteiger partial charge >= 0.3 is 5.97 Å². The number of benzene rings is 1. The van der Waals surface area contributed by atoms with Gasteiger partial charge in [0.15, 0.2) is 23.3 Å². The van der Waals surface area contributed by atoms with E-state index in [9.17, 15) is 31.9 Å². The molecule has 0 aromatic heterocycles. The van der Waals surface area contributed by atoms with E-state index in [4.69, 9.17) is 0 Å². The number of imide groups is 1. The zero-order chi connectivity index (χ0) is 18.5. The summed E-state index contributed by atoms with van der Waals surface area (Å²) in [6, 6.07) is -0.710. The number of esters is 1. The molecule has 9 heteroatoms. The molecule has 0 atom stereocenters. The number of nitrogens with zero attached hydrogens (tertiary/aromatic N) is 1. The Bertz CT molecular complexity index is 740. The fourth-order valence-corrected chi connectivity index (χ4v) is 3.43. The summed E-state index contributed by atoms with van der Waals surface area (Å²) in [5, 5.41) is 0. The first kappa shape index (κ1) is 17.4. The van der Waals surface area contributed by atoms with Gasteiger partial charge in [0.25, 0.3) is 11.8 Å². The monoisotopic (exact) mass is 359 g/mol. The van der Waals surface area contributed by atoms with E-state index >= 15 is 0 Å². The highest BCUT2D eigenvalue weighted by atomic mass is 19.2. The summed E-state index contributed by atoms with van der Waals surface area (Å²) in [4.78, 5) is 36.8. The van der Waals surface area contributed by atoms with Crippen LogP contribution in [0.25, 0.3) is 0 Å². The van der Waals surface area contributed by atoms with Crippen LogP contribution in [-0.2, 0) is 9.53 Å². The minimum atomic E-state index is -2.13. The molecule has 1 saturated carbocycles. The van der Waals surface area contributed by atoms with Gasteiger partial charge in [0, 0.05) is 6.04 Å². The van der Waals surface area contributed by atoms with Crippen molar-refractivity contribution in [2.45, 2.75) is 31.7 Å². The molecule has 0 saturated heterocycles. The third-order valence-corrected chi connectivity index (χ3v) is 4.73. The maximum atomic E-state index is 13.9. The van der Waals surface area contributed by atoms with Gasteiger partial charge in [0.2, 0.25) is 0 Å². The summed E-state index contributed by atoms with van der Waals surface area (Å²) in [6.07, 6.45) is 1.08. The van der Waals surface area contributed by atoms with Gasteiger partial charge in [0.05, 0.1) is 24.2 Å². The Labute approximate surface area is 139 Å². The summed E-state index contributed by atoms with van der Waals surface area (Å²) >= 11 is 0. The molecule has 1 heterocycles. The molecule has 1 aromatic carbocycles. The van der Waals surface area contributed by atoms with Gasteiger partial charge in [-0.05, 0) is 25.7 Å². The fraction of sp³-hybridized carbons (Fsp3) is 0.438. The number of hydrogen-bond donors (Lipinski definition) is 0. The molecule has 0 bridgehead atoms. The van der Waals surface area contributed by atoms with Crippen LogP contribution >= 0.6 is 0 Å². The first-order valence-electron chi connectivity index (χ1n) is 7.61. The lowest BCUT2D eigenvalue weighted by atomic mass is 9.85. The summed E-state index contributed by atoms with van der Waals surface area (Å²) in [5.74, 6) is -11.2. The molecular formula is C16H13F4NO4. The fourth-order valence-electron chi connectivity index (χ4n) is 3.43. The predicted octanol–water partition coefficient (Wildman–Crippen LogP) is 2.57. The quantitative estimate of drug-likeness (QED) is 0.268. The Morgan fingerprint density at radius 3 is 1.72 bits per heavy atom. The smallest absolute Gasteiger partial charge is 0.308 e. The zero-order valence-corrected chi connectivity index (χ0v) is 13.1. The maximum absolute atomic E-state index is 13.9. The van der Waals surface area contributed by atoms with Crippen LogP contribution in [0.3, 0.4) is 0 Å². The first-order valence-corrected chi connectivity index (χ1v) is 7.61. The standard InChI is InChI=1S/C16H13F4NO4/c1-25-16(24)6-2-4-7(5-3-6)21-14(22)8-9(15(21)23)11(18)13(20)12(19)10(8)17/h6-7H,2-5H2,1H3. The van der Waals surface area contributed by atoms with Crippen molar-refractivity contribution in [2.75, 3.05) is 7.11 Å². The molecule has 0 spiro atoms. The van der Waals surface area contributed by atoms with Gasteiger partial charge < -0.3 is 4.74 Å². The van der Waals surface area contributed by atoms with Crippen LogP contribution in [-0.4, -0.2) is 35.8 Å². The normalized spacial score (nSPS) is 23.0. The van der Waals surface area contributed by atoms with E-state index in [1.165, 1.54) is 7.11 Å². The number of amides is 2. The summed E-state index contributed by atoms with van der Waals surface area (Å²) in [5.41, 5.74) is -2.17. The average Bonchev–Trinajstić information content (AvgIpc) is 2.88. The number of fused-ring (bicyclic) bond motifs is 1. The van der Waals surface area contributed by atoms with Gasteiger partial charge in [-0.15, -0.1) is 0 Å². The van der Waals surface area contributed by atoms with Crippen molar-refractivity contribution in [3.05, 3.63) is 34.4 Å². The second-order valence-electron chi connectivity index (χ2n) is 6.01. The Hall–Kier alpha value is -2.45. The lowest BCUT2D eigenvalue weighted by molar-refractivity contribution is -0.146. The lowest BCUT2D eigenvalue weighted by Crippen LogP contribution is -2.43. The van der Waals surface area contributed by atoms with Crippen LogP contribution in [0.4, 0.5) is 17.6 Å². The zero-order valence-electron chi connectivity index (χ0n) is 13.1. The number of carbonyl (C=O) groups is 3. The Balaban J connectivity index is 1.90. The SMILES string of the molecule is COC(=O)C1CCC(N2C(=O)c3c(F)c(F)c(F)c(F)c3C2=O)CC1. The van der Waals surface area contributed by atoms with Crippen molar-refractivity contribution in [3.63, 3.8) is 0 Å². The number of halogens is 4. The van der Waals surface area contributed by atoms with Crippen molar-refractivity contribution < 1.29 is 36.7 Å². The van der Waals surface area contributed by atoms with Crippen LogP contribution in [0, 0.1) is 29.2 Å². The van der Waals surface area contributed by atoms with Gasteiger partial charge in [0.1, 0.15) is 0 Å². The van der Waals surface area contributed by atoms with E-state index in [0.717, 1.165) is 0 Å². The van der Waals surface area contributed by atoms with Crippen molar-refractivity contribution >= 4 is 17.8 Å². The van der Waals surface area contributed by atoms with Crippen LogP contribution in [0.2, 0.25) is 0 Å². The van der Waals surface area contributed by atoms with Crippen molar-refractivity contribution in [1.82, 2.24) is 4.90 Å². The molecule has 1 aliphatic heterocycles. The molecule has 0 unspecified atom stereocenters. The Kier molecular flexibility index (Phi) is 4.26. The number of hydrogen-bond acceptors (Lipinski definition) is 4. The second-order valence-corrected chi connectivity index (χ2v) is 6.01. The van der Waals surface area contributed by atoms with Crippen LogP contribution in [0.5, 0.6) is 0 Å². The van der Waals surface area contributed by atoms with E-state index in [1.54, 1.807) is 0 Å². The molecular weight excluding hydrogens is 346 g/mol. The van der Waals surface area contributed by atoms with E-state index in [1.807, 2.05) is 0 Å². The topological polar surface area (TPSA) is 63.7 Å². The van der Waals surface area contributed by atoms with Crippen LogP contribution < -0.4 is 0 Å². The van der Waals surface area contributed by atoms with E-state index < -0.39 is 58.2 Å². The van der Waals surface area contributed by atoms with E-state index in [2.05, 4.69) is 4.74 Å². The highest BCUT2D eigenvalue weighted by molar-refractivity contribution is 6.21. The molecule has 3 rings (SSSR count). The number of carbonyl (C=O) groups excluding carboxylic acids is 3. The van der Waals surface area contributed by atoms with Gasteiger partial charge in [-0.1, -0.05) is 0 Å². The maximum Gasteiger partial charge on any atom is 0.308 e. The summed E-state index contributed by atoms with van der Waals surface area (Å²) in [7, 11) is 1.24. The molecule has 2 aliphatic rings. The summed E-state index contributed by atoms with van der Waals surface area (Å²) in [6.45, 7) is 0. The molecule has 1 aliphatic carbocycles. The van der Waals surface area contributed by atoms with Crippen LogP contribution in [0.1, 0.15) is 46.4 Å². The molecule has 5 nitrogen and oxygen atoms in total. The number of methoxy groups -OCH3 is 1. The second kappa shape index (κ2) is 6.12. The molecule has 1 fully saturated rings. The highest BCUT2D eigenvalue weighted by Crippen LogP contribution is 2.36. The number of rotatable bonds is 2. The van der Waals surface area contributed by atoms with Gasteiger partial charge in [-0.2, -0.15) is 0 Å². The molecule has 0 radical (unpaired) electrons. The Morgan fingerprint density at radius 1 is 0.880 bits per heavy atom. The summed E-state index contributed by atoms with van der Waals surface area (Å²) < 4.78 is 59.1. The average molecular weight is 359 g/mol. The molecule has 134 valence electrons. The van der Waals surface area contributed by atoms with Gasteiger partial charge in [-0.25, -0.2) is 17.6 Å².